The third kappa shape index (κ3) is 4.67. The van der Waals surface area contributed by atoms with Crippen LogP contribution in [0.5, 0.6) is 5.75 Å². The Kier molecular flexibility index (Phi) is 7.31. The molecule has 4 N–H and O–H groups in total. The predicted molar refractivity (Wildman–Crippen MR) is 107 cm³/mol. The standard InChI is InChI=1S/C21H32N2O5/c1-3-9-23(4-2)10-8-14-12-22-15-6-5-7-17(20(14)15)27-19-11-16(25)21(26)18(13-24)28-19/h5-7,12,16,18-19,21-22,24-26H,3-4,8-11,13H2,1-2H3/t16-,18-,19+,21+/m1/s1. The fourth-order valence-corrected chi connectivity index (χ4v) is 3.82. The SMILES string of the molecule is CCCN(CC)CCc1c[nH]c2cccc(O[C@@H]3C[C@@H](O)[C@H](O)[C@@H](CO)O3)c12. The molecular weight excluding hydrogens is 360 g/mol. The van der Waals surface area contributed by atoms with E-state index in [1.54, 1.807) is 0 Å². The second-order valence-electron chi connectivity index (χ2n) is 7.38. The average Bonchev–Trinajstić information content (AvgIpc) is 3.12. The lowest BCUT2D eigenvalue weighted by molar-refractivity contribution is -0.229. The minimum absolute atomic E-state index is 0.147. The molecule has 28 heavy (non-hydrogen) atoms. The van der Waals surface area contributed by atoms with E-state index < -0.39 is 24.6 Å². The van der Waals surface area contributed by atoms with Crippen LogP contribution >= 0.6 is 0 Å². The number of aliphatic hydroxyl groups excluding tert-OH is 3. The van der Waals surface area contributed by atoms with E-state index >= 15 is 0 Å². The van der Waals surface area contributed by atoms with Crippen LogP contribution in [0, 0.1) is 0 Å². The number of benzene rings is 1. The summed E-state index contributed by atoms with van der Waals surface area (Å²) in [5.41, 5.74) is 2.16. The molecule has 7 nitrogen and oxygen atoms in total. The molecule has 3 rings (SSSR count). The first-order valence-electron chi connectivity index (χ1n) is 10.2. The smallest absolute Gasteiger partial charge is 0.202 e. The summed E-state index contributed by atoms with van der Waals surface area (Å²) >= 11 is 0. The van der Waals surface area contributed by atoms with Gasteiger partial charge in [-0.2, -0.15) is 0 Å². The highest BCUT2D eigenvalue weighted by atomic mass is 16.7. The van der Waals surface area contributed by atoms with E-state index in [9.17, 15) is 15.3 Å². The van der Waals surface area contributed by atoms with Gasteiger partial charge in [-0.3, -0.25) is 0 Å². The van der Waals surface area contributed by atoms with Crippen molar-refractivity contribution in [3.8, 4) is 5.75 Å². The monoisotopic (exact) mass is 392 g/mol. The van der Waals surface area contributed by atoms with Gasteiger partial charge in [0.15, 0.2) is 0 Å². The molecule has 0 radical (unpaired) electrons. The molecule has 2 aromatic rings. The Morgan fingerprint density at radius 2 is 2.07 bits per heavy atom. The van der Waals surface area contributed by atoms with Gasteiger partial charge in [0, 0.05) is 30.1 Å². The number of nitrogens with one attached hydrogen (secondary N) is 1. The molecule has 1 aliphatic heterocycles. The fourth-order valence-electron chi connectivity index (χ4n) is 3.82. The second kappa shape index (κ2) is 9.71. The molecule has 1 aromatic carbocycles. The molecule has 0 saturated carbocycles. The zero-order valence-electron chi connectivity index (χ0n) is 16.7. The summed E-state index contributed by atoms with van der Waals surface area (Å²) in [4.78, 5) is 5.73. The molecule has 0 amide bonds. The van der Waals surface area contributed by atoms with Gasteiger partial charge in [-0.1, -0.05) is 19.9 Å². The van der Waals surface area contributed by atoms with E-state index in [0.29, 0.717) is 5.75 Å². The Morgan fingerprint density at radius 3 is 2.79 bits per heavy atom. The number of aliphatic hydroxyl groups is 3. The number of fused-ring (bicyclic) bond motifs is 1. The van der Waals surface area contributed by atoms with Crippen LogP contribution < -0.4 is 4.74 Å². The number of H-pyrrole nitrogens is 1. The molecule has 2 heterocycles. The maximum absolute atomic E-state index is 10.0. The molecule has 0 aliphatic carbocycles. The van der Waals surface area contributed by atoms with Gasteiger partial charge in [0.2, 0.25) is 6.29 Å². The third-order valence-corrected chi connectivity index (χ3v) is 5.41. The Balaban J connectivity index is 1.77. The molecule has 1 aromatic heterocycles. The molecule has 1 saturated heterocycles. The van der Waals surface area contributed by atoms with Gasteiger partial charge in [0.1, 0.15) is 18.0 Å². The van der Waals surface area contributed by atoms with Crippen molar-refractivity contribution >= 4 is 10.9 Å². The number of rotatable bonds is 9. The van der Waals surface area contributed by atoms with Gasteiger partial charge in [0.05, 0.1) is 12.7 Å². The number of ether oxygens (including phenoxy) is 2. The lowest BCUT2D eigenvalue weighted by Gasteiger charge is -2.36. The van der Waals surface area contributed by atoms with Crippen molar-refractivity contribution in [2.24, 2.45) is 0 Å². The fraction of sp³-hybridized carbons (Fsp3) is 0.619. The van der Waals surface area contributed by atoms with E-state index in [1.807, 2.05) is 24.4 Å². The first-order valence-corrected chi connectivity index (χ1v) is 10.2. The number of aromatic nitrogens is 1. The van der Waals surface area contributed by atoms with Crippen LogP contribution in [0.25, 0.3) is 10.9 Å². The minimum atomic E-state index is -1.11. The summed E-state index contributed by atoms with van der Waals surface area (Å²) < 4.78 is 11.7. The van der Waals surface area contributed by atoms with E-state index in [-0.39, 0.29) is 13.0 Å². The number of hydrogen-bond acceptors (Lipinski definition) is 6. The van der Waals surface area contributed by atoms with Crippen molar-refractivity contribution in [2.45, 2.75) is 57.7 Å². The van der Waals surface area contributed by atoms with Gasteiger partial charge < -0.3 is 34.7 Å². The first-order chi connectivity index (χ1) is 13.6. The Morgan fingerprint density at radius 1 is 1.25 bits per heavy atom. The number of nitrogens with zero attached hydrogens (tertiary/aromatic N) is 1. The molecule has 156 valence electrons. The molecular formula is C21H32N2O5. The molecule has 1 fully saturated rings. The van der Waals surface area contributed by atoms with Gasteiger partial charge >= 0.3 is 0 Å². The van der Waals surface area contributed by atoms with Crippen molar-refractivity contribution in [2.75, 3.05) is 26.2 Å². The molecule has 4 atom stereocenters. The van der Waals surface area contributed by atoms with Crippen molar-refractivity contribution in [1.82, 2.24) is 9.88 Å². The van der Waals surface area contributed by atoms with Crippen molar-refractivity contribution in [3.05, 3.63) is 30.0 Å². The van der Waals surface area contributed by atoms with Crippen LogP contribution in [0.15, 0.2) is 24.4 Å². The van der Waals surface area contributed by atoms with Gasteiger partial charge in [-0.25, -0.2) is 0 Å². The Labute approximate surface area is 165 Å². The highest BCUT2D eigenvalue weighted by molar-refractivity contribution is 5.89. The normalized spacial score (nSPS) is 25.5. The van der Waals surface area contributed by atoms with Crippen LogP contribution in [0.3, 0.4) is 0 Å². The van der Waals surface area contributed by atoms with Crippen LogP contribution in [0.1, 0.15) is 32.3 Å². The summed E-state index contributed by atoms with van der Waals surface area (Å²) in [7, 11) is 0. The summed E-state index contributed by atoms with van der Waals surface area (Å²) in [6.07, 6.45) is 0.523. The van der Waals surface area contributed by atoms with Gasteiger partial charge in [0.25, 0.3) is 0 Å². The van der Waals surface area contributed by atoms with Crippen LogP contribution in [-0.2, 0) is 11.2 Å². The van der Waals surface area contributed by atoms with Crippen LogP contribution in [0.4, 0.5) is 0 Å². The number of likely N-dealkylation sites (N-methyl/N-ethyl adjacent to an activating group) is 1. The van der Waals surface area contributed by atoms with E-state index in [4.69, 9.17) is 9.47 Å². The maximum Gasteiger partial charge on any atom is 0.202 e. The maximum atomic E-state index is 10.0. The minimum Gasteiger partial charge on any atom is -0.464 e. The van der Waals surface area contributed by atoms with Crippen LogP contribution in [-0.4, -0.2) is 76.0 Å². The summed E-state index contributed by atoms with van der Waals surface area (Å²) in [5, 5.41) is 30.3. The van der Waals surface area contributed by atoms with Crippen LogP contribution in [0.2, 0.25) is 0 Å². The molecule has 1 aliphatic rings. The van der Waals surface area contributed by atoms with Gasteiger partial charge in [-0.05, 0) is 43.6 Å². The third-order valence-electron chi connectivity index (χ3n) is 5.41. The van der Waals surface area contributed by atoms with Crippen molar-refractivity contribution in [1.29, 1.82) is 0 Å². The lowest BCUT2D eigenvalue weighted by atomic mass is 10.0. The molecule has 0 bridgehead atoms. The summed E-state index contributed by atoms with van der Waals surface area (Å²) in [5.74, 6) is 0.678. The summed E-state index contributed by atoms with van der Waals surface area (Å²) in [6, 6.07) is 5.80. The Bertz CT molecular complexity index is 749. The van der Waals surface area contributed by atoms with E-state index in [2.05, 4.69) is 23.7 Å². The molecule has 0 unspecified atom stereocenters. The van der Waals surface area contributed by atoms with Crippen molar-refractivity contribution in [3.63, 3.8) is 0 Å². The van der Waals surface area contributed by atoms with Crippen molar-refractivity contribution < 1.29 is 24.8 Å². The Hall–Kier alpha value is -1.64. The van der Waals surface area contributed by atoms with E-state index in [1.165, 1.54) is 5.56 Å². The molecule has 0 spiro atoms. The van der Waals surface area contributed by atoms with E-state index in [0.717, 1.165) is 43.4 Å². The van der Waals surface area contributed by atoms with Gasteiger partial charge in [-0.15, -0.1) is 0 Å². The second-order valence-corrected chi connectivity index (χ2v) is 7.38. The highest BCUT2D eigenvalue weighted by Gasteiger charge is 2.37. The summed E-state index contributed by atoms with van der Waals surface area (Å²) in [6.45, 7) is 7.08. The number of hydrogen-bond donors (Lipinski definition) is 4. The quantitative estimate of drug-likeness (QED) is 0.518. The lowest BCUT2D eigenvalue weighted by Crippen LogP contribution is -2.51. The first kappa shape index (κ1) is 21.1. The zero-order valence-corrected chi connectivity index (χ0v) is 16.7. The average molecular weight is 392 g/mol. The molecule has 7 heteroatoms. The topological polar surface area (TPSA) is 98.2 Å². The zero-order chi connectivity index (χ0) is 20.1. The largest absolute Gasteiger partial charge is 0.464 e. The number of aromatic amines is 1. The highest BCUT2D eigenvalue weighted by Crippen LogP contribution is 2.32. The predicted octanol–water partition coefficient (Wildman–Crippen LogP) is 1.65.